The number of furan rings is 1. The van der Waals surface area contributed by atoms with Gasteiger partial charge in [0.25, 0.3) is 0 Å². The summed E-state index contributed by atoms with van der Waals surface area (Å²) in [5, 5.41) is 6.45. The summed E-state index contributed by atoms with van der Waals surface area (Å²) < 4.78 is 39.3. The average molecular weight is 609 g/mol. The molecule has 4 aromatic rings. The molecule has 0 spiro atoms. The minimum atomic E-state index is -3.86. The Morgan fingerprint density at radius 2 is 1.60 bits per heavy atom. The van der Waals surface area contributed by atoms with E-state index in [9.17, 15) is 18.0 Å². The highest BCUT2D eigenvalue weighted by Crippen LogP contribution is 2.27. The maximum Gasteiger partial charge on any atom is 0.329 e. The van der Waals surface area contributed by atoms with Gasteiger partial charge in [0.1, 0.15) is 17.3 Å². The lowest BCUT2D eigenvalue weighted by Crippen LogP contribution is -2.32. The summed E-state index contributed by atoms with van der Waals surface area (Å²) in [4.78, 5) is 24.5. The first-order chi connectivity index (χ1) is 20.0. The van der Waals surface area contributed by atoms with Crippen molar-refractivity contribution in [2.75, 3.05) is 12.4 Å². The molecule has 12 heteroatoms. The number of nitrogens with one attached hydrogen (secondary N) is 2. The van der Waals surface area contributed by atoms with Crippen molar-refractivity contribution in [1.29, 1.82) is 0 Å². The molecule has 0 saturated heterocycles. The molecule has 10 nitrogen and oxygen atoms in total. The molecular weight excluding hydrogens is 580 g/mol. The van der Waals surface area contributed by atoms with E-state index in [1.54, 1.807) is 42.5 Å². The number of amides is 2. The number of aryl methyl sites for hydroxylation is 2. The number of carbonyl (C=O) groups excluding carboxylic acids is 2. The van der Waals surface area contributed by atoms with Gasteiger partial charge >= 0.3 is 11.8 Å². The van der Waals surface area contributed by atoms with Crippen LogP contribution in [-0.2, 0) is 32.7 Å². The molecule has 0 aliphatic heterocycles. The molecule has 2 amide bonds. The van der Waals surface area contributed by atoms with Gasteiger partial charge in [-0.2, -0.15) is 9.41 Å². The summed E-state index contributed by atoms with van der Waals surface area (Å²) in [7, 11) is -2.40. The van der Waals surface area contributed by atoms with Gasteiger partial charge in [0.2, 0.25) is 10.0 Å². The number of carbonyl (C=O) groups is 2. The van der Waals surface area contributed by atoms with Gasteiger partial charge in [0, 0.05) is 12.2 Å². The van der Waals surface area contributed by atoms with Crippen molar-refractivity contribution in [3.05, 3.63) is 112 Å². The van der Waals surface area contributed by atoms with Gasteiger partial charge in [-0.05, 0) is 61.9 Å². The SMILES string of the molecule is COc1ccc(NC(=O)C(=O)N/N=C/c2ccc(CN(Cc3ccc(C)cc3)S(=O)(=O)c3ccc(C)cc3)o2)cc1Cl. The molecule has 0 saturated carbocycles. The highest BCUT2D eigenvalue weighted by Gasteiger charge is 2.26. The van der Waals surface area contributed by atoms with E-state index in [2.05, 4.69) is 15.8 Å². The van der Waals surface area contributed by atoms with Gasteiger partial charge in [0.05, 0.1) is 29.8 Å². The molecular formula is C30H29ClN4O6S. The molecule has 1 aromatic heterocycles. The number of anilines is 1. The molecule has 2 N–H and O–H groups in total. The Morgan fingerprint density at radius 3 is 2.24 bits per heavy atom. The van der Waals surface area contributed by atoms with Gasteiger partial charge < -0.3 is 14.5 Å². The zero-order valence-corrected chi connectivity index (χ0v) is 24.7. The van der Waals surface area contributed by atoms with Crippen LogP contribution in [0.3, 0.4) is 0 Å². The minimum absolute atomic E-state index is 0.0445. The van der Waals surface area contributed by atoms with E-state index in [1.807, 2.05) is 38.1 Å². The number of halogens is 1. The van der Waals surface area contributed by atoms with Gasteiger partial charge in [-0.3, -0.25) is 9.59 Å². The zero-order valence-electron chi connectivity index (χ0n) is 23.1. The second kappa shape index (κ2) is 13.5. The fraction of sp³-hybridized carbons (Fsp3) is 0.167. The predicted molar refractivity (Wildman–Crippen MR) is 160 cm³/mol. The first kappa shape index (κ1) is 30.5. The van der Waals surface area contributed by atoms with Crippen LogP contribution >= 0.6 is 11.6 Å². The van der Waals surface area contributed by atoms with Crippen LogP contribution in [0.25, 0.3) is 0 Å². The first-order valence-electron chi connectivity index (χ1n) is 12.7. The van der Waals surface area contributed by atoms with Crippen molar-refractivity contribution in [3.8, 4) is 5.75 Å². The molecule has 0 unspecified atom stereocenters. The number of sulfonamides is 1. The maximum atomic E-state index is 13.6. The second-order valence-corrected chi connectivity index (χ2v) is 11.7. The van der Waals surface area contributed by atoms with E-state index in [4.69, 9.17) is 20.8 Å². The molecule has 4 rings (SSSR count). The molecule has 1 heterocycles. The monoisotopic (exact) mass is 608 g/mol. The fourth-order valence-electron chi connectivity index (χ4n) is 3.84. The lowest BCUT2D eigenvalue weighted by atomic mass is 10.1. The van der Waals surface area contributed by atoms with Gasteiger partial charge in [-0.15, -0.1) is 0 Å². The lowest BCUT2D eigenvalue weighted by molar-refractivity contribution is -0.136. The number of hydrogen-bond donors (Lipinski definition) is 2. The van der Waals surface area contributed by atoms with Crippen LogP contribution in [0.4, 0.5) is 5.69 Å². The summed E-state index contributed by atoms with van der Waals surface area (Å²) in [6, 6.07) is 22.0. The van der Waals surface area contributed by atoms with E-state index in [-0.39, 0.29) is 28.8 Å². The Bertz CT molecular complexity index is 1700. The molecule has 0 fully saturated rings. The van der Waals surface area contributed by atoms with Crippen LogP contribution in [0.1, 0.15) is 28.2 Å². The molecule has 3 aromatic carbocycles. The van der Waals surface area contributed by atoms with Crippen molar-refractivity contribution in [3.63, 3.8) is 0 Å². The molecule has 0 aliphatic rings. The molecule has 0 aliphatic carbocycles. The third-order valence-corrected chi connectivity index (χ3v) is 8.23. The summed E-state index contributed by atoms with van der Waals surface area (Å²) in [5.41, 5.74) is 5.26. The van der Waals surface area contributed by atoms with E-state index in [0.717, 1.165) is 16.7 Å². The number of rotatable bonds is 10. The number of methoxy groups -OCH3 is 1. The van der Waals surface area contributed by atoms with Crippen molar-refractivity contribution < 1.29 is 27.2 Å². The van der Waals surface area contributed by atoms with Crippen molar-refractivity contribution in [1.82, 2.24) is 9.73 Å². The largest absolute Gasteiger partial charge is 0.495 e. The highest BCUT2D eigenvalue weighted by molar-refractivity contribution is 7.89. The van der Waals surface area contributed by atoms with Crippen LogP contribution in [-0.4, -0.2) is 37.9 Å². The van der Waals surface area contributed by atoms with E-state index >= 15 is 0 Å². The number of ether oxygens (including phenoxy) is 1. The van der Waals surface area contributed by atoms with Crippen LogP contribution in [0.5, 0.6) is 5.75 Å². The Labute approximate surface area is 249 Å². The van der Waals surface area contributed by atoms with Crippen LogP contribution in [0.2, 0.25) is 5.02 Å². The van der Waals surface area contributed by atoms with Crippen LogP contribution in [0.15, 0.2) is 93.3 Å². The van der Waals surface area contributed by atoms with Crippen molar-refractivity contribution in [2.45, 2.75) is 31.8 Å². The van der Waals surface area contributed by atoms with E-state index in [1.165, 1.54) is 29.8 Å². The van der Waals surface area contributed by atoms with Crippen LogP contribution < -0.4 is 15.5 Å². The fourth-order valence-corrected chi connectivity index (χ4v) is 5.49. The molecule has 218 valence electrons. The summed E-state index contributed by atoms with van der Waals surface area (Å²) in [5.74, 6) is -0.942. The number of hydrazone groups is 1. The third-order valence-electron chi connectivity index (χ3n) is 6.13. The van der Waals surface area contributed by atoms with Gasteiger partial charge in [-0.1, -0.05) is 59.1 Å². The van der Waals surface area contributed by atoms with Gasteiger partial charge in [-0.25, -0.2) is 13.8 Å². The Kier molecular flexibility index (Phi) is 9.79. The summed E-state index contributed by atoms with van der Waals surface area (Å²) >= 11 is 6.04. The molecule has 0 atom stereocenters. The average Bonchev–Trinajstić information content (AvgIpc) is 3.41. The normalized spacial score (nSPS) is 11.5. The molecule has 0 bridgehead atoms. The number of nitrogens with zero attached hydrogens (tertiary/aromatic N) is 2. The summed E-state index contributed by atoms with van der Waals surface area (Å²) in [6.45, 7) is 3.93. The standard InChI is InChI=1S/C30H29ClN4O6S/c1-20-4-8-22(9-5-20)18-35(42(38,39)26-13-6-21(2)7-14-26)19-25-12-11-24(41-25)17-32-34-30(37)29(36)33-23-10-15-28(40-3)27(31)16-23/h4-17H,18-19H2,1-3H3,(H,33,36)(H,34,37)/b32-17+. The van der Waals surface area contributed by atoms with Gasteiger partial charge in [0.15, 0.2) is 0 Å². The quantitative estimate of drug-likeness (QED) is 0.147. The summed E-state index contributed by atoms with van der Waals surface area (Å²) in [6.07, 6.45) is 1.21. The second-order valence-electron chi connectivity index (χ2n) is 9.38. The Hall–Kier alpha value is -4.45. The van der Waals surface area contributed by atoms with Crippen molar-refractivity contribution >= 4 is 45.3 Å². The number of hydrogen-bond acceptors (Lipinski definition) is 7. The van der Waals surface area contributed by atoms with Crippen molar-refractivity contribution in [2.24, 2.45) is 5.10 Å². The Balaban J connectivity index is 1.42. The Morgan fingerprint density at radius 1 is 0.929 bits per heavy atom. The van der Waals surface area contributed by atoms with E-state index in [0.29, 0.717) is 17.2 Å². The molecule has 42 heavy (non-hydrogen) atoms. The third kappa shape index (κ3) is 7.84. The van der Waals surface area contributed by atoms with E-state index < -0.39 is 21.8 Å². The first-order valence-corrected chi connectivity index (χ1v) is 14.6. The van der Waals surface area contributed by atoms with Crippen LogP contribution in [0, 0.1) is 13.8 Å². The smallest absolute Gasteiger partial charge is 0.329 e. The predicted octanol–water partition coefficient (Wildman–Crippen LogP) is 5.04. The minimum Gasteiger partial charge on any atom is -0.495 e. The maximum absolute atomic E-state index is 13.6. The topological polar surface area (TPSA) is 130 Å². The molecule has 0 radical (unpaired) electrons. The highest BCUT2D eigenvalue weighted by atomic mass is 35.5. The number of benzene rings is 3. The lowest BCUT2D eigenvalue weighted by Gasteiger charge is -2.21. The zero-order chi connectivity index (χ0) is 30.3.